The lowest BCUT2D eigenvalue weighted by atomic mass is 9.93. The smallest absolute Gasteiger partial charge is 0.344 e. The molecule has 0 aliphatic heterocycles. The van der Waals surface area contributed by atoms with E-state index in [-0.39, 0.29) is 5.63 Å². The molecule has 0 spiro atoms. The van der Waals surface area contributed by atoms with Gasteiger partial charge in [-0.05, 0) is 35.4 Å². The van der Waals surface area contributed by atoms with Crippen molar-refractivity contribution >= 4 is 26.9 Å². The van der Waals surface area contributed by atoms with Crippen LogP contribution in [-0.2, 0) is 0 Å². The number of halogens is 1. The van der Waals surface area contributed by atoms with E-state index < -0.39 is 0 Å². The number of ether oxygens (including phenoxy) is 1. The molecule has 28 heavy (non-hydrogen) atoms. The molecule has 0 aliphatic carbocycles. The molecule has 4 heteroatoms. The normalized spacial score (nSPS) is 10.8. The van der Waals surface area contributed by atoms with Crippen LogP contribution >= 0.6 is 15.9 Å². The average Bonchev–Trinajstić information content (AvgIpc) is 2.71. The molecule has 138 valence electrons. The molecule has 3 aromatic carbocycles. The summed E-state index contributed by atoms with van der Waals surface area (Å²) in [6.45, 7) is 4.04. The summed E-state index contributed by atoms with van der Waals surface area (Å²) in [5.74, 6) is 0.629. The van der Waals surface area contributed by atoms with Crippen molar-refractivity contribution in [1.29, 1.82) is 0 Å². The molecule has 4 rings (SSSR count). The summed E-state index contributed by atoms with van der Waals surface area (Å²) < 4.78 is 12.2. The van der Waals surface area contributed by atoms with Crippen LogP contribution < -0.4 is 10.4 Å². The molecule has 0 N–H and O–H groups in total. The van der Waals surface area contributed by atoms with Crippen molar-refractivity contribution in [3.05, 3.63) is 100 Å². The summed E-state index contributed by atoms with van der Waals surface area (Å²) in [5.41, 5.74) is 3.25. The van der Waals surface area contributed by atoms with Gasteiger partial charge >= 0.3 is 5.63 Å². The fourth-order valence-electron chi connectivity index (χ4n) is 3.24. The lowest BCUT2D eigenvalue weighted by Gasteiger charge is -2.13. The van der Waals surface area contributed by atoms with Gasteiger partial charge < -0.3 is 9.15 Å². The molecule has 0 radical (unpaired) electrons. The second-order valence-electron chi connectivity index (χ2n) is 6.27. The molecule has 1 aromatic heterocycles. The molecular weight excluding hydrogens is 416 g/mol. The molecule has 4 aromatic rings. The minimum Gasteiger partial charge on any atom is -0.489 e. The van der Waals surface area contributed by atoms with Gasteiger partial charge in [-0.2, -0.15) is 0 Å². The van der Waals surface area contributed by atoms with E-state index in [2.05, 4.69) is 22.5 Å². The molecule has 0 saturated carbocycles. The molecule has 3 nitrogen and oxygen atoms in total. The van der Waals surface area contributed by atoms with E-state index in [9.17, 15) is 4.79 Å². The van der Waals surface area contributed by atoms with Crippen LogP contribution in [-0.4, -0.2) is 6.61 Å². The SMILES string of the molecule is C=CCOc1ccc2c(-c3ccccc3)c(-c3cccc(Br)c3)c(=O)oc2c1. The Labute approximate surface area is 171 Å². The summed E-state index contributed by atoms with van der Waals surface area (Å²) in [7, 11) is 0. The van der Waals surface area contributed by atoms with Crippen molar-refractivity contribution in [1.82, 2.24) is 0 Å². The van der Waals surface area contributed by atoms with Crippen LogP contribution in [0.4, 0.5) is 0 Å². The van der Waals surface area contributed by atoms with Gasteiger partial charge in [0.1, 0.15) is 17.9 Å². The highest BCUT2D eigenvalue weighted by molar-refractivity contribution is 9.10. The van der Waals surface area contributed by atoms with Gasteiger partial charge in [-0.1, -0.05) is 71.0 Å². The van der Waals surface area contributed by atoms with E-state index >= 15 is 0 Å². The fourth-order valence-corrected chi connectivity index (χ4v) is 3.64. The largest absolute Gasteiger partial charge is 0.489 e. The zero-order chi connectivity index (χ0) is 19.5. The van der Waals surface area contributed by atoms with E-state index in [1.807, 2.05) is 66.7 Å². The third kappa shape index (κ3) is 3.51. The number of fused-ring (bicyclic) bond motifs is 1. The van der Waals surface area contributed by atoms with E-state index in [4.69, 9.17) is 9.15 Å². The van der Waals surface area contributed by atoms with Gasteiger partial charge in [0, 0.05) is 21.5 Å². The first-order chi connectivity index (χ1) is 13.7. The highest BCUT2D eigenvalue weighted by Crippen LogP contribution is 2.37. The van der Waals surface area contributed by atoms with Gasteiger partial charge in [-0.3, -0.25) is 0 Å². The maximum atomic E-state index is 13.0. The van der Waals surface area contributed by atoms with Gasteiger partial charge in [0.05, 0.1) is 5.56 Å². The highest BCUT2D eigenvalue weighted by Gasteiger charge is 2.18. The Balaban J connectivity index is 2.04. The Hall–Kier alpha value is -3.11. The van der Waals surface area contributed by atoms with Gasteiger partial charge in [-0.25, -0.2) is 4.79 Å². The molecule has 0 fully saturated rings. The Morgan fingerprint density at radius 1 is 0.929 bits per heavy atom. The van der Waals surface area contributed by atoms with Crippen LogP contribution in [0, 0.1) is 0 Å². The second kappa shape index (κ2) is 7.87. The van der Waals surface area contributed by atoms with Crippen molar-refractivity contribution in [2.45, 2.75) is 0 Å². The summed E-state index contributed by atoms with van der Waals surface area (Å²) >= 11 is 3.49. The van der Waals surface area contributed by atoms with Crippen LogP contribution in [0.25, 0.3) is 33.2 Å². The highest BCUT2D eigenvalue weighted by atomic mass is 79.9. The van der Waals surface area contributed by atoms with E-state index in [0.717, 1.165) is 26.5 Å². The minimum atomic E-state index is -0.384. The molecule has 0 amide bonds. The lowest BCUT2D eigenvalue weighted by molar-refractivity contribution is 0.363. The van der Waals surface area contributed by atoms with Crippen LogP contribution in [0.2, 0.25) is 0 Å². The third-order valence-electron chi connectivity index (χ3n) is 4.42. The number of rotatable bonds is 5. The molecule has 0 unspecified atom stereocenters. The lowest BCUT2D eigenvalue weighted by Crippen LogP contribution is -2.06. The zero-order valence-electron chi connectivity index (χ0n) is 15.0. The van der Waals surface area contributed by atoms with Gasteiger partial charge in [0.15, 0.2) is 0 Å². The van der Waals surface area contributed by atoms with Crippen LogP contribution in [0.15, 0.2) is 99.1 Å². The van der Waals surface area contributed by atoms with Gasteiger partial charge in [0.2, 0.25) is 0 Å². The Bertz CT molecular complexity index is 1210. The first-order valence-electron chi connectivity index (χ1n) is 8.83. The van der Waals surface area contributed by atoms with Gasteiger partial charge in [-0.15, -0.1) is 0 Å². The number of benzene rings is 3. The number of hydrogen-bond acceptors (Lipinski definition) is 3. The maximum absolute atomic E-state index is 13.0. The molecule has 0 bridgehead atoms. The standard InChI is InChI=1S/C24H17BrO3/c1-2-13-27-19-11-12-20-21(15-19)28-24(26)23(17-9-6-10-18(25)14-17)22(20)16-7-4-3-5-8-16/h2-12,14-15H,1,13H2. The number of hydrogen-bond donors (Lipinski definition) is 0. The predicted molar refractivity (Wildman–Crippen MR) is 117 cm³/mol. The topological polar surface area (TPSA) is 39.4 Å². The fraction of sp³-hybridized carbons (Fsp3) is 0.0417. The zero-order valence-corrected chi connectivity index (χ0v) is 16.6. The Kier molecular flexibility index (Phi) is 5.13. The first kappa shape index (κ1) is 18.3. The summed E-state index contributed by atoms with van der Waals surface area (Å²) in [6.07, 6.45) is 1.67. The first-order valence-corrected chi connectivity index (χ1v) is 9.62. The van der Waals surface area contributed by atoms with E-state index in [0.29, 0.717) is 23.5 Å². The van der Waals surface area contributed by atoms with Crippen LogP contribution in [0.3, 0.4) is 0 Å². The van der Waals surface area contributed by atoms with E-state index in [1.54, 1.807) is 12.1 Å². The quantitative estimate of drug-likeness (QED) is 0.268. The minimum absolute atomic E-state index is 0.384. The summed E-state index contributed by atoms with van der Waals surface area (Å²) in [6, 6.07) is 23.1. The van der Waals surface area contributed by atoms with Crippen molar-refractivity contribution in [3.63, 3.8) is 0 Å². The Morgan fingerprint density at radius 2 is 1.71 bits per heavy atom. The van der Waals surface area contributed by atoms with Crippen molar-refractivity contribution in [2.75, 3.05) is 6.61 Å². The summed E-state index contributed by atoms with van der Waals surface area (Å²) in [4.78, 5) is 13.0. The molecule has 1 heterocycles. The summed E-state index contributed by atoms with van der Waals surface area (Å²) in [5, 5.41) is 0.853. The van der Waals surface area contributed by atoms with Crippen molar-refractivity contribution in [2.24, 2.45) is 0 Å². The van der Waals surface area contributed by atoms with Gasteiger partial charge in [0.25, 0.3) is 0 Å². The molecule has 0 saturated heterocycles. The molecular formula is C24H17BrO3. The monoisotopic (exact) mass is 432 g/mol. The average molecular weight is 433 g/mol. The predicted octanol–water partition coefficient (Wildman–Crippen LogP) is 6.45. The van der Waals surface area contributed by atoms with Crippen LogP contribution in [0.5, 0.6) is 5.75 Å². The van der Waals surface area contributed by atoms with E-state index in [1.165, 1.54) is 0 Å². The maximum Gasteiger partial charge on any atom is 0.344 e. The molecule has 0 atom stereocenters. The van der Waals surface area contributed by atoms with Crippen molar-refractivity contribution in [3.8, 4) is 28.0 Å². The second-order valence-corrected chi connectivity index (χ2v) is 7.19. The third-order valence-corrected chi connectivity index (χ3v) is 4.92. The molecule has 0 aliphatic rings. The van der Waals surface area contributed by atoms with Crippen LogP contribution in [0.1, 0.15) is 0 Å². The van der Waals surface area contributed by atoms with Crippen molar-refractivity contribution < 1.29 is 9.15 Å². The Morgan fingerprint density at radius 3 is 2.46 bits per heavy atom.